The zero-order valence-electron chi connectivity index (χ0n) is 16.0. The largest absolute Gasteiger partial charge is 0.361 e. The number of amides is 1. The number of halogens is 1. The van der Waals surface area contributed by atoms with Gasteiger partial charge in [0.05, 0.1) is 11.1 Å². The second-order valence-corrected chi connectivity index (χ2v) is 9.22. The van der Waals surface area contributed by atoms with Crippen LogP contribution < -0.4 is 10.1 Å². The van der Waals surface area contributed by atoms with Gasteiger partial charge >= 0.3 is 0 Å². The second-order valence-electron chi connectivity index (χ2n) is 6.63. The van der Waals surface area contributed by atoms with E-state index in [1.807, 2.05) is 30.5 Å². The summed E-state index contributed by atoms with van der Waals surface area (Å²) in [6.45, 7) is 0. The summed E-state index contributed by atoms with van der Waals surface area (Å²) in [5.41, 5.74) is 5.01. The molecule has 3 N–H and O–H groups in total. The minimum Gasteiger partial charge on any atom is -0.361 e. The van der Waals surface area contributed by atoms with E-state index in [9.17, 15) is 13.2 Å². The Kier molecular flexibility index (Phi) is 5.88. The van der Waals surface area contributed by atoms with Gasteiger partial charge in [-0.05, 0) is 54.6 Å². The number of sulfonamides is 1. The molecule has 0 unspecified atom stereocenters. The first-order valence-electron chi connectivity index (χ1n) is 9.20. The second kappa shape index (κ2) is 8.75. The number of nitrogens with zero attached hydrogens (tertiary/aromatic N) is 1. The Balaban J connectivity index is 1.40. The number of carbonyl (C=O) groups is 1. The van der Waals surface area contributed by atoms with Crippen LogP contribution in [0.2, 0.25) is 0 Å². The average Bonchev–Trinajstić information content (AvgIpc) is 3.17. The van der Waals surface area contributed by atoms with Crippen LogP contribution in [0.3, 0.4) is 0 Å². The molecule has 9 heteroatoms. The van der Waals surface area contributed by atoms with Crippen LogP contribution in [0.15, 0.2) is 93.5 Å². The molecule has 156 valence electrons. The maximum atomic E-state index is 12.5. The van der Waals surface area contributed by atoms with Crippen LogP contribution in [0.25, 0.3) is 10.9 Å². The molecule has 4 rings (SSSR count). The van der Waals surface area contributed by atoms with E-state index in [0.29, 0.717) is 11.3 Å². The standard InChI is InChI=1S/C22H17BrN4O3S/c23-17-7-11-19(12-8-17)31(29,30)27-18-9-5-15(6-10-18)22(28)26-25-14-16-13-24-21-4-2-1-3-20(16)21/h1-14,24,27H,(H,26,28)/b25-14+. The summed E-state index contributed by atoms with van der Waals surface area (Å²) in [6.07, 6.45) is 3.38. The van der Waals surface area contributed by atoms with Crippen LogP contribution in [0.1, 0.15) is 15.9 Å². The van der Waals surface area contributed by atoms with Crippen molar-refractivity contribution < 1.29 is 13.2 Å². The lowest BCUT2D eigenvalue weighted by Crippen LogP contribution is -2.18. The molecule has 0 fully saturated rings. The maximum absolute atomic E-state index is 12.5. The molecule has 4 aromatic rings. The van der Waals surface area contributed by atoms with E-state index >= 15 is 0 Å². The molecule has 7 nitrogen and oxygen atoms in total. The van der Waals surface area contributed by atoms with Crippen LogP contribution >= 0.6 is 15.9 Å². The fourth-order valence-electron chi connectivity index (χ4n) is 2.94. The lowest BCUT2D eigenvalue weighted by atomic mass is 10.2. The Bertz CT molecular complexity index is 1360. The van der Waals surface area contributed by atoms with Gasteiger partial charge in [-0.15, -0.1) is 0 Å². The van der Waals surface area contributed by atoms with Crippen molar-refractivity contribution in [3.63, 3.8) is 0 Å². The van der Waals surface area contributed by atoms with Gasteiger partial charge in [-0.1, -0.05) is 34.1 Å². The molecule has 1 heterocycles. The Morgan fingerprint density at radius 3 is 2.42 bits per heavy atom. The van der Waals surface area contributed by atoms with Crippen molar-refractivity contribution in [3.8, 4) is 0 Å². The molecule has 0 bridgehead atoms. The number of hydrogen-bond acceptors (Lipinski definition) is 4. The maximum Gasteiger partial charge on any atom is 0.271 e. The van der Waals surface area contributed by atoms with Gasteiger partial charge in [0.1, 0.15) is 0 Å². The lowest BCUT2D eigenvalue weighted by molar-refractivity contribution is 0.0955. The van der Waals surface area contributed by atoms with E-state index in [4.69, 9.17) is 0 Å². The molecule has 0 aliphatic carbocycles. The number of anilines is 1. The minimum absolute atomic E-state index is 0.143. The predicted molar refractivity (Wildman–Crippen MR) is 125 cm³/mol. The highest BCUT2D eigenvalue weighted by Gasteiger charge is 2.14. The van der Waals surface area contributed by atoms with E-state index in [0.717, 1.165) is 20.9 Å². The molecule has 0 saturated carbocycles. The molecule has 3 aromatic carbocycles. The van der Waals surface area contributed by atoms with Gasteiger partial charge in [0.25, 0.3) is 15.9 Å². The number of fused-ring (bicyclic) bond motifs is 1. The van der Waals surface area contributed by atoms with Crippen molar-refractivity contribution in [1.82, 2.24) is 10.4 Å². The van der Waals surface area contributed by atoms with Gasteiger partial charge in [0.15, 0.2) is 0 Å². The van der Waals surface area contributed by atoms with Gasteiger partial charge < -0.3 is 4.98 Å². The first-order valence-corrected chi connectivity index (χ1v) is 11.5. The fourth-order valence-corrected chi connectivity index (χ4v) is 4.27. The zero-order valence-corrected chi connectivity index (χ0v) is 18.4. The number of benzene rings is 3. The number of nitrogens with one attached hydrogen (secondary N) is 3. The van der Waals surface area contributed by atoms with Gasteiger partial charge in [-0.2, -0.15) is 5.10 Å². The van der Waals surface area contributed by atoms with Crippen LogP contribution in [-0.2, 0) is 10.0 Å². The highest BCUT2D eigenvalue weighted by Crippen LogP contribution is 2.19. The number of aromatic nitrogens is 1. The minimum atomic E-state index is -3.72. The van der Waals surface area contributed by atoms with Gasteiger partial charge in [0, 0.05) is 38.4 Å². The van der Waals surface area contributed by atoms with E-state index in [1.165, 1.54) is 36.4 Å². The molecule has 0 aliphatic rings. The first kappa shape index (κ1) is 20.8. The Hall–Kier alpha value is -3.43. The third kappa shape index (κ3) is 4.84. The monoisotopic (exact) mass is 496 g/mol. The first-order chi connectivity index (χ1) is 14.9. The third-order valence-electron chi connectivity index (χ3n) is 4.51. The summed E-state index contributed by atoms with van der Waals surface area (Å²) < 4.78 is 28.2. The predicted octanol–water partition coefficient (Wildman–Crippen LogP) is 4.50. The Morgan fingerprint density at radius 2 is 1.68 bits per heavy atom. The zero-order chi connectivity index (χ0) is 21.8. The number of aromatic amines is 1. The summed E-state index contributed by atoms with van der Waals surface area (Å²) >= 11 is 3.28. The van der Waals surface area contributed by atoms with Crippen molar-refractivity contribution in [2.24, 2.45) is 5.10 Å². The number of hydrazone groups is 1. The number of para-hydroxylation sites is 1. The molecular weight excluding hydrogens is 480 g/mol. The Morgan fingerprint density at radius 1 is 0.968 bits per heavy atom. The van der Waals surface area contributed by atoms with E-state index in [2.05, 4.69) is 36.2 Å². The molecule has 1 amide bonds. The van der Waals surface area contributed by atoms with E-state index in [-0.39, 0.29) is 4.90 Å². The van der Waals surface area contributed by atoms with Crippen molar-refractivity contribution in [2.45, 2.75) is 4.90 Å². The summed E-state index contributed by atoms with van der Waals surface area (Å²) in [5.74, 6) is -0.404. The van der Waals surface area contributed by atoms with Crippen molar-refractivity contribution in [3.05, 3.63) is 94.6 Å². The molecular formula is C22H17BrN4O3S. The van der Waals surface area contributed by atoms with Crippen molar-refractivity contribution >= 4 is 54.7 Å². The molecule has 31 heavy (non-hydrogen) atoms. The summed E-state index contributed by atoms with van der Waals surface area (Å²) in [6, 6.07) is 20.2. The SMILES string of the molecule is O=C(N/N=C/c1c[nH]c2ccccc12)c1ccc(NS(=O)(=O)c2ccc(Br)cc2)cc1. The third-order valence-corrected chi connectivity index (χ3v) is 6.44. The Labute approximate surface area is 187 Å². The number of rotatable bonds is 6. The summed E-state index contributed by atoms with van der Waals surface area (Å²) in [5, 5.41) is 5.01. The van der Waals surface area contributed by atoms with Gasteiger partial charge in [-0.3, -0.25) is 9.52 Å². The topological polar surface area (TPSA) is 103 Å². The molecule has 0 spiro atoms. The molecule has 0 atom stereocenters. The highest BCUT2D eigenvalue weighted by atomic mass is 79.9. The van der Waals surface area contributed by atoms with Crippen molar-refractivity contribution in [2.75, 3.05) is 4.72 Å². The molecule has 0 aliphatic heterocycles. The van der Waals surface area contributed by atoms with Gasteiger partial charge in [0.2, 0.25) is 0 Å². The van der Waals surface area contributed by atoms with E-state index in [1.54, 1.807) is 18.3 Å². The number of hydrogen-bond donors (Lipinski definition) is 3. The molecule has 0 radical (unpaired) electrons. The van der Waals surface area contributed by atoms with Crippen LogP contribution in [0.5, 0.6) is 0 Å². The van der Waals surface area contributed by atoms with E-state index < -0.39 is 15.9 Å². The number of H-pyrrole nitrogens is 1. The smallest absolute Gasteiger partial charge is 0.271 e. The highest BCUT2D eigenvalue weighted by molar-refractivity contribution is 9.10. The van der Waals surface area contributed by atoms with Crippen molar-refractivity contribution in [1.29, 1.82) is 0 Å². The lowest BCUT2D eigenvalue weighted by Gasteiger charge is -2.09. The quantitative estimate of drug-likeness (QED) is 0.270. The number of carbonyl (C=O) groups excluding carboxylic acids is 1. The van der Waals surface area contributed by atoms with Crippen LogP contribution in [0.4, 0.5) is 5.69 Å². The van der Waals surface area contributed by atoms with Crippen LogP contribution in [0, 0.1) is 0 Å². The molecule has 0 saturated heterocycles. The fraction of sp³-hybridized carbons (Fsp3) is 0. The summed E-state index contributed by atoms with van der Waals surface area (Å²) in [4.78, 5) is 15.6. The average molecular weight is 497 g/mol. The normalized spacial score (nSPS) is 11.6. The van der Waals surface area contributed by atoms with Gasteiger partial charge in [-0.25, -0.2) is 13.8 Å². The summed E-state index contributed by atoms with van der Waals surface area (Å²) in [7, 11) is -3.72. The van der Waals surface area contributed by atoms with Crippen LogP contribution in [-0.4, -0.2) is 25.5 Å². The molecule has 1 aromatic heterocycles.